The van der Waals surface area contributed by atoms with E-state index in [4.69, 9.17) is 9.63 Å². The molecule has 1 aromatic rings. The molecule has 2 N–H and O–H groups in total. The van der Waals surface area contributed by atoms with Gasteiger partial charge in [0.15, 0.2) is 0 Å². The number of nitrogens with zero attached hydrogens (tertiary/aromatic N) is 2. The van der Waals surface area contributed by atoms with Gasteiger partial charge in [-0.1, -0.05) is 11.6 Å². The van der Waals surface area contributed by atoms with E-state index < -0.39 is 5.97 Å². The number of carboxylic acid groups (broad SMARTS) is 1. The number of carbonyl (C=O) groups is 1. The average molecular weight is 293 g/mol. The van der Waals surface area contributed by atoms with Gasteiger partial charge in [0.1, 0.15) is 5.76 Å². The van der Waals surface area contributed by atoms with Crippen LogP contribution in [0.3, 0.4) is 0 Å². The zero-order valence-electron chi connectivity index (χ0n) is 12.3. The van der Waals surface area contributed by atoms with Gasteiger partial charge < -0.3 is 14.9 Å². The van der Waals surface area contributed by atoms with Crippen molar-refractivity contribution in [1.82, 2.24) is 15.4 Å². The molecule has 6 nitrogen and oxygen atoms in total. The number of aromatic nitrogens is 1. The third-order valence-corrected chi connectivity index (χ3v) is 4.52. The Morgan fingerprint density at radius 3 is 3.00 bits per heavy atom. The molecule has 2 aliphatic rings. The third kappa shape index (κ3) is 3.83. The van der Waals surface area contributed by atoms with E-state index in [-0.39, 0.29) is 6.54 Å². The molecule has 1 aromatic heterocycles. The Bertz CT molecular complexity index is 484. The van der Waals surface area contributed by atoms with Crippen LogP contribution in [0.1, 0.15) is 49.5 Å². The molecule has 1 aliphatic heterocycles. The minimum Gasteiger partial charge on any atom is -0.480 e. The van der Waals surface area contributed by atoms with Gasteiger partial charge in [-0.05, 0) is 32.2 Å². The van der Waals surface area contributed by atoms with E-state index in [9.17, 15) is 4.79 Å². The second-order valence-corrected chi connectivity index (χ2v) is 6.20. The fourth-order valence-corrected chi connectivity index (χ4v) is 3.10. The van der Waals surface area contributed by atoms with Crippen molar-refractivity contribution in [3.8, 4) is 0 Å². The van der Waals surface area contributed by atoms with Crippen molar-refractivity contribution in [2.75, 3.05) is 19.6 Å². The van der Waals surface area contributed by atoms with Crippen molar-refractivity contribution < 1.29 is 14.4 Å². The number of rotatable bonds is 6. The molecule has 6 heteroatoms. The molecule has 1 saturated heterocycles. The summed E-state index contributed by atoms with van der Waals surface area (Å²) in [7, 11) is 0. The maximum absolute atomic E-state index is 10.8. The van der Waals surface area contributed by atoms with Gasteiger partial charge in [0.05, 0.1) is 12.2 Å². The first-order valence-electron chi connectivity index (χ1n) is 7.84. The van der Waals surface area contributed by atoms with Gasteiger partial charge in [0.2, 0.25) is 0 Å². The molecule has 1 aliphatic carbocycles. The monoisotopic (exact) mass is 293 g/mol. The maximum Gasteiger partial charge on any atom is 0.317 e. The van der Waals surface area contributed by atoms with Gasteiger partial charge in [0, 0.05) is 31.1 Å². The van der Waals surface area contributed by atoms with Crippen LogP contribution in [-0.2, 0) is 11.3 Å². The van der Waals surface area contributed by atoms with Crippen LogP contribution in [0, 0.1) is 0 Å². The molecule has 3 rings (SSSR count). The number of carboxylic acids is 1. The van der Waals surface area contributed by atoms with Crippen molar-refractivity contribution in [1.29, 1.82) is 0 Å². The SMILES string of the molecule is O=C(O)CN1CCCC(NCc2cc(C3CCC3)on2)C1. The molecule has 1 saturated carbocycles. The minimum atomic E-state index is -0.753. The summed E-state index contributed by atoms with van der Waals surface area (Å²) in [5.74, 6) is 0.846. The quantitative estimate of drug-likeness (QED) is 0.829. The highest BCUT2D eigenvalue weighted by Crippen LogP contribution is 2.36. The summed E-state index contributed by atoms with van der Waals surface area (Å²) in [6.45, 7) is 2.50. The van der Waals surface area contributed by atoms with E-state index >= 15 is 0 Å². The lowest BCUT2D eigenvalue weighted by Gasteiger charge is -2.31. The van der Waals surface area contributed by atoms with Crippen molar-refractivity contribution in [3.63, 3.8) is 0 Å². The van der Waals surface area contributed by atoms with E-state index in [2.05, 4.69) is 16.5 Å². The molecule has 21 heavy (non-hydrogen) atoms. The molecule has 1 unspecified atom stereocenters. The van der Waals surface area contributed by atoms with Crippen LogP contribution < -0.4 is 5.32 Å². The van der Waals surface area contributed by atoms with Crippen LogP contribution in [0.25, 0.3) is 0 Å². The second-order valence-electron chi connectivity index (χ2n) is 6.20. The second kappa shape index (κ2) is 6.58. The first-order valence-corrected chi connectivity index (χ1v) is 7.84. The number of likely N-dealkylation sites (tertiary alicyclic amines) is 1. The molecule has 116 valence electrons. The summed E-state index contributed by atoms with van der Waals surface area (Å²) in [4.78, 5) is 12.8. The highest BCUT2D eigenvalue weighted by molar-refractivity contribution is 5.69. The number of hydrogen-bond acceptors (Lipinski definition) is 5. The van der Waals surface area contributed by atoms with Gasteiger partial charge in [-0.3, -0.25) is 9.69 Å². The van der Waals surface area contributed by atoms with Crippen LogP contribution in [-0.4, -0.2) is 46.8 Å². The molecule has 0 spiro atoms. The van der Waals surface area contributed by atoms with Gasteiger partial charge in [-0.25, -0.2) is 0 Å². The molecular formula is C15H23N3O3. The zero-order chi connectivity index (χ0) is 14.7. The van der Waals surface area contributed by atoms with E-state index in [1.165, 1.54) is 19.3 Å². The Balaban J connectivity index is 1.45. The summed E-state index contributed by atoms with van der Waals surface area (Å²) in [5, 5.41) is 16.5. The Morgan fingerprint density at radius 2 is 2.29 bits per heavy atom. The van der Waals surface area contributed by atoms with Crippen molar-refractivity contribution >= 4 is 5.97 Å². The van der Waals surface area contributed by atoms with Gasteiger partial charge in [0.25, 0.3) is 0 Å². The predicted octanol–water partition coefficient (Wildman–Crippen LogP) is 1.58. The summed E-state index contributed by atoms with van der Waals surface area (Å²) in [5.41, 5.74) is 0.951. The van der Waals surface area contributed by atoms with Crippen LogP contribution in [0.4, 0.5) is 0 Å². The summed E-state index contributed by atoms with van der Waals surface area (Å²) in [6, 6.07) is 2.40. The molecule has 2 fully saturated rings. The summed E-state index contributed by atoms with van der Waals surface area (Å²) >= 11 is 0. The summed E-state index contributed by atoms with van der Waals surface area (Å²) < 4.78 is 5.40. The smallest absolute Gasteiger partial charge is 0.317 e. The summed E-state index contributed by atoms with van der Waals surface area (Å²) in [6.07, 6.45) is 5.85. The normalized spacial score (nSPS) is 23.9. The van der Waals surface area contributed by atoms with Crippen molar-refractivity contribution in [2.24, 2.45) is 0 Å². The van der Waals surface area contributed by atoms with Gasteiger partial charge >= 0.3 is 5.97 Å². The fourth-order valence-electron chi connectivity index (χ4n) is 3.10. The van der Waals surface area contributed by atoms with Crippen LogP contribution in [0.2, 0.25) is 0 Å². The van der Waals surface area contributed by atoms with E-state index in [0.29, 0.717) is 18.5 Å². The number of nitrogens with one attached hydrogen (secondary N) is 1. The van der Waals surface area contributed by atoms with Crippen molar-refractivity contribution in [3.05, 3.63) is 17.5 Å². The van der Waals surface area contributed by atoms with E-state index in [1.807, 2.05) is 4.90 Å². The molecule has 0 bridgehead atoms. The highest BCUT2D eigenvalue weighted by atomic mass is 16.5. The number of piperidine rings is 1. The average Bonchev–Trinajstić information content (AvgIpc) is 2.82. The lowest BCUT2D eigenvalue weighted by Crippen LogP contribution is -2.47. The van der Waals surface area contributed by atoms with E-state index in [1.54, 1.807) is 0 Å². The standard InChI is InChI=1S/C15H23N3O3/c19-15(20)10-18-6-2-5-12(9-18)16-8-13-7-14(21-17-13)11-3-1-4-11/h7,11-12,16H,1-6,8-10H2,(H,19,20). The molecule has 1 atom stereocenters. The predicted molar refractivity (Wildman–Crippen MR) is 77.0 cm³/mol. The topological polar surface area (TPSA) is 78.6 Å². The lowest BCUT2D eigenvalue weighted by atomic mass is 9.83. The Morgan fingerprint density at radius 1 is 1.43 bits per heavy atom. The molecule has 0 aromatic carbocycles. The first kappa shape index (κ1) is 14.5. The molecular weight excluding hydrogens is 270 g/mol. The van der Waals surface area contributed by atoms with Crippen LogP contribution in [0.15, 0.2) is 10.6 Å². The Kier molecular flexibility index (Phi) is 4.55. The van der Waals surface area contributed by atoms with Crippen molar-refractivity contribution in [2.45, 2.75) is 50.6 Å². The Hall–Kier alpha value is -1.40. The van der Waals surface area contributed by atoms with Crippen LogP contribution >= 0.6 is 0 Å². The van der Waals surface area contributed by atoms with Gasteiger partial charge in [-0.2, -0.15) is 0 Å². The first-order chi connectivity index (χ1) is 10.2. The Labute approximate surface area is 124 Å². The zero-order valence-corrected chi connectivity index (χ0v) is 12.3. The fraction of sp³-hybridized carbons (Fsp3) is 0.733. The largest absolute Gasteiger partial charge is 0.480 e. The van der Waals surface area contributed by atoms with Crippen LogP contribution in [0.5, 0.6) is 0 Å². The highest BCUT2D eigenvalue weighted by Gasteiger charge is 2.24. The van der Waals surface area contributed by atoms with E-state index in [0.717, 1.165) is 37.4 Å². The maximum atomic E-state index is 10.8. The lowest BCUT2D eigenvalue weighted by molar-refractivity contribution is -0.138. The van der Waals surface area contributed by atoms with Gasteiger partial charge in [-0.15, -0.1) is 0 Å². The number of hydrogen-bond donors (Lipinski definition) is 2. The third-order valence-electron chi connectivity index (χ3n) is 4.52. The molecule has 0 amide bonds. The number of aliphatic carboxylic acids is 1. The molecule has 0 radical (unpaired) electrons. The molecule has 2 heterocycles. The minimum absolute atomic E-state index is 0.133.